The lowest BCUT2D eigenvalue weighted by Crippen LogP contribution is -2.20. The van der Waals surface area contributed by atoms with Gasteiger partial charge in [0.1, 0.15) is 5.82 Å². The van der Waals surface area contributed by atoms with E-state index in [9.17, 15) is 9.18 Å². The second kappa shape index (κ2) is 8.04. The first-order chi connectivity index (χ1) is 13.7. The summed E-state index contributed by atoms with van der Waals surface area (Å²) in [5.74, 6) is -1.15. The van der Waals surface area contributed by atoms with Crippen molar-refractivity contribution in [3.63, 3.8) is 0 Å². The molecule has 0 atom stereocenters. The van der Waals surface area contributed by atoms with Crippen LogP contribution in [0.25, 0.3) is 21.0 Å². The van der Waals surface area contributed by atoms with E-state index in [1.807, 2.05) is 29.7 Å². The van der Waals surface area contributed by atoms with Crippen molar-refractivity contribution >= 4 is 38.2 Å². The molecule has 142 valence electrons. The van der Waals surface area contributed by atoms with Crippen LogP contribution in [0.4, 0.5) is 4.39 Å². The topological polar surface area (TPSA) is 43.6 Å². The molecule has 1 heterocycles. The number of aromatic nitrogens is 1. The third-order valence-electron chi connectivity index (χ3n) is 4.54. The summed E-state index contributed by atoms with van der Waals surface area (Å²) in [5.41, 5.74) is 0.963. The summed E-state index contributed by atoms with van der Waals surface area (Å²) in [4.78, 5) is 17.4. The lowest BCUT2D eigenvalue weighted by molar-refractivity contribution is 0.0993. The van der Waals surface area contributed by atoms with Crippen LogP contribution < -0.4 is 4.80 Å². The Balaban J connectivity index is 1.90. The van der Waals surface area contributed by atoms with Gasteiger partial charge >= 0.3 is 0 Å². The van der Waals surface area contributed by atoms with Gasteiger partial charge in [-0.1, -0.05) is 53.8 Å². The molecule has 0 spiro atoms. The number of ether oxygens (including phenoxy) is 1. The average molecular weight is 394 g/mol. The molecule has 0 N–H and O–H groups in total. The number of amides is 1. The van der Waals surface area contributed by atoms with Crippen LogP contribution in [0.15, 0.2) is 65.7 Å². The number of thiazole rings is 1. The summed E-state index contributed by atoms with van der Waals surface area (Å²) < 4.78 is 22.5. The van der Waals surface area contributed by atoms with Gasteiger partial charge in [0.2, 0.25) is 0 Å². The zero-order valence-corrected chi connectivity index (χ0v) is 16.2. The Kier molecular flexibility index (Phi) is 5.32. The maximum atomic E-state index is 14.0. The van der Waals surface area contributed by atoms with Crippen molar-refractivity contribution in [3.8, 4) is 0 Å². The molecule has 0 aliphatic carbocycles. The van der Waals surface area contributed by atoms with Crippen LogP contribution in [0.3, 0.4) is 0 Å². The molecule has 0 bridgehead atoms. The quantitative estimate of drug-likeness (QED) is 0.458. The van der Waals surface area contributed by atoms with Crippen molar-refractivity contribution in [3.05, 3.63) is 76.8 Å². The predicted molar refractivity (Wildman–Crippen MR) is 110 cm³/mol. The molecule has 0 saturated carbocycles. The van der Waals surface area contributed by atoms with E-state index in [2.05, 4.69) is 23.2 Å². The zero-order valence-electron chi connectivity index (χ0n) is 15.4. The average Bonchev–Trinajstić information content (AvgIpc) is 3.06. The smallest absolute Gasteiger partial charge is 0.282 e. The number of nitrogens with zero attached hydrogens (tertiary/aromatic N) is 2. The SMILES string of the molecule is CCOCCn1c(=NC(=O)c2ccccc2F)sc2c3ccccc3ccc21. The van der Waals surface area contributed by atoms with E-state index < -0.39 is 11.7 Å². The number of hydrogen-bond donors (Lipinski definition) is 0. The van der Waals surface area contributed by atoms with Gasteiger partial charge in [-0.05, 0) is 30.5 Å². The Labute approximate surface area is 165 Å². The van der Waals surface area contributed by atoms with Gasteiger partial charge in [-0.3, -0.25) is 4.79 Å². The van der Waals surface area contributed by atoms with Crippen molar-refractivity contribution in [2.24, 2.45) is 4.99 Å². The first kappa shape index (κ1) is 18.5. The molecule has 3 aromatic carbocycles. The Morgan fingerprint density at radius 2 is 1.89 bits per heavy atom. The molecule has 4 rings (SSSR count). The highest BCUT2D eigenvalue weighted by Crippen LogP contribution is 2.27. The lowest BCUT2D eigenvalue weighted by Gasteiger charge is -2.06. The summed E-state index contributed by atoms with van der Waals surface area (Å²) in [6.45, 7) is 3.63. The van der Waals surface area contributed by atoms with E-state index in [-0.39, 0.29) is 5.56 Å². The lowest BCUT2D eigenvalue weighted by atomic mass is 10.1. The molecular formula is C22H19FN2O2S. The van der Waals surface area contributed by atoms with E-state index in [0.29, 0.717) is 24.6 Å². The maximum Gasteiger partial charge on any atom is 0.282 e. The van der Waals surface area contributed by atoms with Gasteiger partial charge in [-0.15, -0.1) is 0 Å². The Hall–Kier alpha value is -2.83. The number of rotatable bonds is 5. The third-order valence-corrected chi connectivity index (χ3v) is 5.67. The van der Waals surface area contributed by atoms with Crippen molar-refractivity contribution in [1.29, 1.82) is 0 Å². The minimum atomic E-state index is -0.584. The number of fused-ring (bicyclic) bond motifs is 3. The summed E-state index contributed by atoms with van der Waals surface area (Å²) >= 11 is 1.44. The fraction of sp³-hybridized carbons (Fsp3) is 0.182. The van der Waals surface area contributed by atoms with Gasteiger partial charge in [-0.2, -0.15) is 4.99 Å². The highest BCUT2D eigenvalue weighted by Gasteiger charge is 2.13. The molecule has 0 saturated heterocycles. The van der Waals surface area contributed by atoms with Crippen LogP contribution >= 0.6 is 11.3 Å². The summed E-state index contributed by atoms with van der Waals surface area (Å²) in [7, 11) is 0. The van der Waals surface area contributed by atoms with Gasteiger partial charge in [0.25, 0.3) is 5.91 Å². The van der Waals surface area contributed by atoms with E-state index in [1.54, 1.807) is 12.1 Å². The monoisotopic (exact) mass is 394 g/mol. The standard InChI is InChI=1S/C22H19FN2O2S/c1-2-27-14-13-25-19-12-11-15-7-3-4-8-16(15)20(19)28-22(25)24-21(26)17-9-5-6-10-18(17)23/h3-12H,2,13-14H2,1H3. The van der Waals surface area contributed by atoms with E-state index in [1.165, 1.54) is 23.5 Å². The predicted octanol–water partition coefficient (Wildman–Crippen LogP) is 4.77. The Morgan fingerprint density at radius 3 is 2.71 bits per heavy atom. The van der Waals surface area contributed by atoms with Crippen molar-refractivity contribution in [2.45, 2.75) is 13.5 Å². The molecular weight excluding hydrogens is 375 g/mol. The molecule has 0 radical (unpaired) electrons. The van der Waals surface area contributed by atoms with Crippen LogP contribution in [0.5, 0.6) is 0 Å². The Bertz CT molecular complexity index is 1230. The van der Waals surface area contributed by atoms with Crippen molar-refractivity contribution in [1.82, 2.24) is 4.57 Å². The van der Waals surface area contributed by atoms with E-state index in [0.717, 1.165) is 21.0 Å². The van der Waals surface area contributed by atoms with Crippen molar-refractivity contribution < 1.29 is 13.9 Å². The van der Waals surface area contributed by atoms with Crippen molar-refractivity contribution in [2.75, 3.05) is 13.2 Å². The highest BCUT2D eigenvalue weighted by molar-refractivity contribution is 7.17. The molecule has 0 unspecified atom stereocenters. The van der Waals surface area contributed by atoms with Gasteiger partial charge in [0, 0.05) is 18.5 Å². The van der Waals surface area contributed by atoms with Crippen LogP contribution in [-0.4, -0.2) is 23.7 Å². The first-order valence-electron chi connectivity index (χ1n) is 9.11. The summed E-state index contributed by atoms with van der Waals surface area (Å²) in [6.07, 6.45) is 0. The molecule has 0 aliphatic heterocycles. The molecule has 0 fully saturated rings. The van der Waals surface area contributed by atoms with E-state index >= 15 is 0 Å². The molecule has 1 aromatic heterocycles. The molecule has 4 nitrogen and oxygen atoms in total. The third kappa shape index (κ3) is 3.48. The van der Waals surface area contributed by atoms with E-state index in [4.69, 9.17) is 4.74 Å². The Morgan fingerprint density at radius 1 is 1.11 bits per heavy atom. The normalized spacial score (nSPS) is 12.1. The van der Waals surface area contributed by atoms with Gasteiger partial charge < -0.3 is 9.30 Å². The highest BCUT2D eigenvalue weighted by atomic mass is 32.1. The van der Waals surface area contributed by atoms with Crippen LogP contribution in [0.1, 0.15) is 17.3 Å². The molecule has 4 aromatic rings. The van der Waals surface area contributed by atoms with Crippen LogP contribution in [-0.2, 0) is 11.3 Å². The van der Waals surface area contributed by atoms with Crippen LogP contribution in [0.2, 0.25) is 0 Å². The molecule has 1 amide bonds. The second-order valence-corrected chi connectivity index (χ2v) is 7.24. The number of halogens is 1. The largest absolute Gasteiger partial charge is 0.380 e. The minimum absolute atomic E-state index is 0.0267. The van der Waals surface area contributed by atoms with Crippen LogP contribution in [0, 0.1) is 5.82 Å². The first-order valence-corrected chi connectivity index (χ1v) is 9.93. The molecule has 0 aliphatic rings. The number of hydrogen-bond acceptors (Lipinski definition) is 3. The number of carbonyl (C=O) groups excluding carboxylic acids is 1. The number of carbonyl (C=O) groups is 1. The fourth-order valence-electron chi connectivity index (χ4n) is 3.18. The maximum absolute atomic E-state index is 14.0. The fourth-order valence-corrected chi connectivity index (χ4v) is 4.37. The number of benzene rings is 3. The zero-order chi connectivity index (χ0) is 19.5. The second-order valence-electron chi connectivity index (χ2n) is 6.26. The van der Waals surface area contributed by atoms with Gasteiger partial charge in [-0.25, -0.2) is 4.39 Å². The van der Waals surface area contributed by atoms with Gasteiger partial charge in [0.05, 0.1) is 22.4 Å². The molecule has 28 heavy (non-hydrogen) atoms. The summed E-state index contributed by atoms with van der Waals surface area (Å²) in [5, 5.41) is 2.23. The minimum Gasteiger partial charge on any atom is -0.380 e. The summed E-state index contributed by atoms with van der Waals surface area (Å²) in [6, 6.07) is 18.1. The molecule has 6 heteroatoms. The van der Waals surface area contributed by atoms with Gasteiger partial charge in [0.15, 0.2) is 4.80 Å².